The largest absolute Gasteiger partial charge is 0.380 e. The van der Waals surface area contributed by atoms with Gasteiger partial charge in [-0.1, -0.05) is 0 Å². The van der Waals surface area contributed by atoms with E-state index in [1.807, 2.05) is 6.92 Å². The maximum atomic E-state index is 12.1. The van der Waals surface area contributed by atoms with Crippen LogP contribution in [0, 0.1) is 0 Å². The van der Waals surface area contributed by atoms with E-state index in [1.54, 1.807) is 4.31 Å². The van der Waals surface area contributed by atoms with Gasteiger partial charge in [-0.25, -0.2) is 8.42 Å². The molecule has 5 nitrogen and oxygen atoms in total. The van der Waals surface area contributed by atoms with Crippen molar-refractivity contribution in [1.29, 1.82) is 0 Å². The molecule has 2 heterocycles. The van der Waals surface area contributed by atoms with Gasteiger partial charge in [0.2, 0.25) is 10.0 Å². The Morgan fingerprint density at radius 1 is 1.33 bits per heavy atom. The summed E-state index contributed by atoms with van der Waals surface area (Å²) in [5.41, 5.74) is -0.152. The highest BCUT2D eigenvalue weighted by atomic mass is 32.2. The summed E-state index contributed by atoms with van der Waals surface area (Å²) < 4.78 is 31.5. The Morgan fingerprint density at radius 2 is 2.00 bits per heavy atom. The van der Waals surface area contributed by atoms with Crippen molar-refractivity contribution in [3.05, 3.63) is 0 Å². The van der Waals surface area contributed by atoms with Crippen molar-refractivity contribution in [3.63, 3.8) is 0 Å². The van der Waals surface area contributed by atoms with Crippen LogP contribution in [0.25, 0.3) is 0 Å². The third kappa shape index (κ3) is 2.71. The van der Waals surface area contributed by atoms with Gasteiger partial charge >= 0.3 is 0 Å². The van der Waals surface area contributed by atoms with E-state index in [9.17, 15) is 8.42 Å². The second-order valence-corrected chi connectivity index (χ2v) is 7.24. The summed E-state index contributed by atoms with van der Waals surface area (Å²) in [6.07, 6.45) is 5.07. The van der Waals surface area contributed by atoms with Gasteiger partial charge < -0.3 is 10.1 Å². The van der Waals surface area contributed by atoms with Gasteiger partial charge in [0.25, 0.3) is 0 Å². The molecule has 0 aliphatic carbocycles. The summed E-state index contributed by atoms with van der Waals surface area (Å²) >= 11 is 0. The first-order valence-corrected chi connectivity index (χ1v) is 8.62. The van der Waals surface area contributed by atoms with Crippen molar-refractivity contribution in [3.8, 4) is 0 Å². The molecule has 1 spiro atoms. The summed E-state index contributed by atoms with van der Waals surface area (Å²) in [5, 5.41) is 3.31. The van der Waals surface area contributed by atoms with E-state index in [1.165, 1.54) is 6.26 Å². The third-order valence-electron chi connectivity index (χ3n) is 4.15. The van der Waals surface area contributed by atoms with E-state index in [0.29, 0.717) is 13.2 Å². The molecule has 0 bridgehead atoms. The lowest BCUT2D eigenvalue weighted by atomic mass is 9.87. The average Bonchev–Trinajstić information content (AvgIpc) is 2.66. The van der Waals surface area contributed by atoms with Crippen LogP contribution >= 0.6 is 0 Å². The lowest BCUT2D eigenvalue weighted by molar-refractivity contribution is 0.0788. The summed E-state index contributed by atoms with van der Waals surface area (Å²) in [4.78, 5) is 0. The van der Waals surface area contributed by atoms with Gasteiger partial charge in [-0.3, -0.25) is 0 Å². The molecule has 0 aromatic rings. The minimum atomic E-state index is -3.16. The van der Waals surface area contributed by atoms with Gasteiger partial charge in [0.15, 0.2) is 0 Å². The van der Waals surface area contributed by atoms with Gasteiger partial charge in [-0.15, -0.1) is 0 Å². The highest BCUT2D eigenvalue weighted by Crippen LogP contribution is 2.42. The average molecular weight is 276 g/mol. The highest BCUT2D eigenvalue weighted by molar-refractivity contribution is 7.88. The zero-order valence-electron chi connectivity index (χ0n) is 11.3. The molecule has 0 radical (unpaired) electrons. The molecular weight excluding hydrogens is 252 g/mol. The molecule has 18 heavy (non-hydrogen) atoms. The maximum absolute atomic E-state index is 12.1. The Balaban J connectivity index is 2.21. The lowest BCUT2D eigenvalue weighted by Crippen LogP contribution is -2.55. The molecular formula is C12H24N2O3S. The number of ether oxygens (including phenoxy) is 1. The van der Waals surface area contributed by atoms with Crippen LogP contribution in [-0.2, 0) is 14.8 Å². The first kappa shape index (κ1) is 14.2. The van der Waals surface area contributed by atoms with Crippen molar-refractivity contribution in [1.82, 2.24) is 9.62 Å². The Morgan fingerprint density at radius 3 is 2.56 bits per heavy atom. The summed E-state index contributed by atoms with van der Waals surface area (Å²) in [6, 6.07) is 0.0260. The van der Waals surface area contributed by atoms with Crippen LogP contribution in [0.5, 0.6) is 0 Å². The fourth-order valence-corrected chi connectivity index (χ4v) is 5.13. The monoisotopic (exact) mass is 276 g/mol. The zero-order chi connectivity index (χ0) is 13.2. The zero-order valence-corrected chi connectivity index (χ0v) is 12.1. The van der Waals surface area contributed by atoms with Crippen LogP contribution < -0.4 is 5.32 Å². The first-order chi connectivity index (χ1) is 8.49. The van der Waals surface area contributed by atoms with Crippen molar-refractivity contribution in [2.24, 2.45) is 0 Å². The lowest BCUT2D eigenvalue weighted by Gasteiger charge is -2.42. The van der Waals surface area contributed by atoms with Crippen molar-refractivity contribution < 1.29 is 13.2 Å². The van der Waals surface area contributed by atoms with E-state index in [-0.39, 0.29) is 11.6 Å². The predicted molar refractivity (Wildman–Crippen MR) is 71.0 cm³/mol. The van der Waals surface area contributed by atoms with E-state index in [0.717, 1.165) is 38.8 Å². The van der Waals surface area contributed by atoms with E-state index in [4.69, 9.17) is 4.74 Å². The Hall–Kier alpha value is -0.170. The van der Waals surface area contributed by atoms with Crippen molar-refractivity contribution in [2.45, 2.75) is 44.2 Å². The standard InChI is InChI=1S/C12H24N2O3S/c1-3-17-10-11-4-5-12(6-8-13-9-7-12)14(11)18(2,15)16/h11,13H,3-10H2,1-2H3. The number of nitrogens with zero attached hydrogens (tertiary/aromatic N) is 1. The molecule has 1 N–H and O–H groups in total. The highest BCUT2D eigenvalue weighted by Gasteiger charge is 2.50. The van der Waals surface area contributed by atoms with Crippen molar-refractivity contribution >= 4 is 10.0 Å². The molecule has 0 amide bonds. The first-order valence-electron chi connectivity index (χ1n) is 6.77. The Kier molecular flexibility index (Phi) is 4.31. The molecule has 2 rings (SSSR count). The summed E-state index contributed by atoms with van der Waals surface area (Å²) in [6.45, 7) is 4.93. The number of nitrogens with one attached hydrogen (secondary N) is 1. The van der Waals surface area contributed by atoms with Gasteiger partial charge in [-0.05, 0) is 45.7 Å². The normalized spacial score (nSPS) is 28.9. The third-order valence-corrected chi connectivity index (χ3v) is 5.55. The molecule has 6 heteroatoms. The molecule has 1 atom stereocenters. The molecule has 2 aliphatic rings. The van der Waals surface area contributed by atoms with Crippen molar-refractivity contribution in [2.75, 3.05) is 32.6 Å². The second kappa shape index (κ2) is 5.45. The van der Waals surface area contributed by atoms with E-state index >= 15 is 0 Å². The fourth-order valence-electron chi connectivity index (χ4n) is 3.44. The van der Waals surface area contributed by atoms with Crippen LogP contribution in [0.1, 0.15) is 32.6 Å². The topological polar surface area (TPSA) is 58.6 Å². The van der Waals surface area contributed by atoms with Crippen LogP contribution in [0.2, 0.25) is 0 Å². The smallest absolute Gasteiger partial charge is 0.212 e. The molecule has 2 saturated heterocycles. The quantitative estimate of drug-likeness (QED) is 0.815. The number of piperidine rings is 1. The maximum Gasteiger partial charge on any atom is 0.212 e. The van der Waals surface area contributed by atoms with Gasteiger partial charge in [-0.2, -0.15) is 4.31 Å². The number of hydrogen-bond donors (Lipinski definition) is 1. The Labute approximate surface area is 110 Å². The molecule has 2 fully saturated rings. The molecule has 2 aliphatic heterocycles. The number of hydrogen-bond acceptors (Lipinski definition) is 4. The van der Waals surface area contributed by atoms with Crippen LogP contribution in [0.15, 0.2) is 0 Å². The van der Waals surface area contributed by atoms with Gasteiger partial charge in [0.1, 0.15) is 0 Å². The predicted octanol–water partition coefficient (Wildman–Crippen LogP) is 0.569. The van der Waals surface area contributed by atoms with Gasteiger partial charge in [0, 0.05) is 18.2 Å². The summed E-state index contributed by atoms with van der Waals surface area (Å²) in [5.74, 6) is 0. The van der Waals surface area contributed by atoms with Crippen LogP contribution in [0.3, 0.4) is 0 Å². The molecule has 106 valence electrons. The SMILES string of the molecule is CCOCC1CCC2(CCNCC2)N1S(C)(=O)=O. The number of rotatable bonds is 4. The minimum Gasteiger partial charge on any atom is -0.380 e. The number of sulfonamides is 1. The van der Waals surface area contributed by atoms with E-state index in [2.05, 4.69) is 5.32 Å². The molecule has 0 aromatic heterocycles. The molecule has 0 saturated carbocycles. The fraction of sp³-hybridized carbons (Fsp3) is 1.00. The molecule has 0 aromatic carbocycles. The van der Waals surface area contributed by atoms with E-state index < -0.39 is 10.0 Å². The second-order valence-electron chi connectivity index (χ2n) is 5.39. The molecule has 1 unspecified atom stereocenters. The summed E-state index contributed by atoms with van der Waals surface area (Å²) in [7, 11) is -3.16. The Bertz CT molecular complexity index is 377. The van der Waals surface area contributed by atoms with Crippen LogP contribution in [-0.4, -0.2) is 56.9 Å². The van der Waals surface area contributed by atoms with Gasteiger partial charge in [0.05, 0.1) is 12.9 Å². The van der Waals surface area contributed by atoms with Crippen LogP contribution in [0.4, 0.5) is 0 Å². The minimum absolute atomic E-state index is 0.0260.